The largest absolute Gasteiger partial charge is 0.416 e. The second-order valence-corrected chi connectivity index (χ2v) is 8.31. The van der Waals surface area contributed by atoms with Gasteiger partial charge in [0.15, 0.2) is 0 Å². The second-order valence-electron chi connectivity index (χ2n) is 8.31. The second kappa shape index (κ2) is 8.52. The van der Waals surface area contributed by atoms with Gasteiger partial charge in [0.25, 0.3) is 0 Å². The van der Waals surface area contributed by atoms with Crippen LogP contribution in [0.2, 0.25) is 0 Å². The third-order valence-electron chi connectivity index (χ3n) is 5.82. The summed E-state index contributed by atoms with van der Waals surface area (Å²) in [6.07, 6.45) is -3.00. The van der Waals surface area contributed by atoms with E-state index in [1.54, 1.807) is 0 Å². The Morgan fingerprint density at radius 2 is 1.84 bits per heavy atom. The monoisotopic (exact) mass is 452 g/mol. The zero-order valence-corrected chi connectivity index (χ0v) is 17.0. The zero-order chi connectivity index (χ0) is 23.0. The third-order valence-corrected chi connectivity index (χ3v) is 5.82. The third kappa shape index (κ3) is 4.92. The Bertz CT molecular complexity index is 1040. The number of carbonyl (C=O) groups excluding carboxylic acids is 2. The molecule has 0 spiro atoms. The van der Waals surface area contributed by atoms with Crippen molar-refractivity contribution in [3.63, 3.8) is 0 Å². The molecule has 2 aromatic rings. The maximum Gasteiger partial charge on any atom is 0.416 e. The molecule has 0 N–H and O–H groups in total. The topological polar surface area (TPSA) is 40.6 Å². The molecule has 1 aliphatic carbocycles. The van der Waals surface area contributed by atoms with Crippen LogP contribution in [0.5, 0.6) is 0 Å². The normalized spacial score (nSPS) is 18.8. The lowest BCUT2D eigenvalue weighted by Gasteiger charge is -2.26. The van der Waals surface area contributed by atoms with Crippen LogP contribution in [0.3, 0.4) is 0 Å². The number of hydrogen-bond donors (Lipinski definition) is 0. The summed E-state index contributed by atoms with van der Waals surface area (Å²) in [5.74, 6) is -2.71. The van der Waals surface area contributed by atoms with Crippen molar-refractivity contribution in [1.82, 2.24) is 9.80 Å². The molecule has 32 heavy (non-hydrogen) atoms. The van der Waals surface area contributed by atoms with E-state index in [9.17, 15) is 31.5 Å². The highest BCUT2D eigenvalue weighted by atomic mass is 19.4. The number of nitrogens with zero attached hydrogens (tertiary/aromatic N) is 2. The fraction of sp³-hybridized carbons (Fsp3) is 0.391. The van der Waals surface area contributed by atoms with Gasteiger partial charge < -0.3 is 9.80 Å². The van der Waals surface area contributed by atoms with E-state index in [1.165, 1.54) is 28.0 Å². The Hall–Kier alpha value is -2.97. The van der Waals surface area contributed by atoms with Crippen LogP contribution in [-0.2, 0) is 28.9 Å². The van der Waals surface area contributed by atoms with Crippen molar-refractivity contribution in [2.24, 2.45) is 5.92 Å². The number of benzene rings is 2. The van der Waals surface area contributed by atoms with Gasteiger partial charge in [-0.3, -0.25) is 9.59 Å². The van der Waals surface area contributed by atoms with Crippen LogP contribution in [0.4, 0.5) is 22.0 Å². The first kappa shape index (κ1) is 22.2. The average Bonchev–Trinajstić information content (AvgIpc) is 3.50. The van der Waals surface area contributed by atoms with E-state index < -0.39 is 29.3 Å². The van der Waals surface area contributed by atoms with Gasteiger partial charge in [-0.25, -0.2) is 8.78 Å². The Balaban J connectivity index is 1.45. The van der Waals surface area contributed by atoms with Gasteiger partial charge in [0.1, 0.15) is 11.6 Å². The average molecular weight is 452 g/mol. The molecule has 1 saturated carbocycles. The minimum absolute atomic E-state index is 0.0199. The van der Waals surface area contributed by atoms with Crippen LogP contribution < -0.4 is 0 Å². The Morgan fingerprint density at radius 3 is 2.50 bits per heavy atom. The first-order valence-electron chi connectivity index (χ1n) is 10.3. The highest BCUT2D eigenvalue weighted by molar-refractivity contribution is 5.89. The quantitative estimate of drug-likeness (QED) is 0.605. The summed E-state index contributed by atoms with van der Waals surface area (Å²) in [5, 5.41) is 0. The van der Waals surface area contributed by atoms with Gasteiger partial charge in [-0.05, 0) is 36.6 Å². The number of hydrogen-bond acceptors (Lipinski definition) is 2. The minimum Gasteiger partial charge on any atom is -0.338 e. The van der Waals surface area contributed by atoms with Gasteiger partial charge in [0.2, 0.25) is 11.8 Å². The number of carbonyl (C=O) groups is 2. The molecule has 0 bridgehead atoms. The van der Waals surface area contributed by atoms with E-state index in [0.717, 1.165) is 37.1 Å². The molecular formula is C23H21F5N2O2. The van der Waals surface area contributed by atoms with Crippen LogP contribution >= 0.6 is 0 Å². The lowest BCUT2D eigenvalue weighted by atomic mass is 10.1. The van der Waals surface area contributed by atoms with Gasteiger partial charge in [0.05, 0.1) is 11.5 Å². The van der Waals surface area contributed by atoms with Crippen molar-refractivity contribution in [2.75, 3.05) is 6.54 Å². The molecule has 2 aromatic carbocycles. The van der Waals surface area contributed by atoms with Crippen LogP contribution in [0.15, 0.2) is 42.5 Å². The van der Waals surface area contributed by atoms with Crippen molar-refractivity contribution in [1.29, 1.82) is 0 Å². The number of amides is 2. The van der Waals surface area contributed by atoms with E-state index in [4.69, 9.17) is 0 Å². The molecule has 2 fully saturated rings. The van der Waals surface area contributed by atoms with Gasteiger partial charge in [-0.15, -0.1) is 0 Å². The van der Waals surface area contributed by atoms with E-state index in [2.05, 4.69) is 0 Å². The lowest BCUT2D eigenvalue weighted by molar-refractivity contribution is -0.138. The van der Waals surface area contributed by atoms with Gasteiger partial charge in [-0.1, -0.05) is 18.2 Å². The molecule has 1 aliphatic heterocycles. The molecule has 1 saturated heterocycles. The first-order valence-corrected chi connectivity index (χ1v) is 10.3. The summed E-state index contributed by atoms with van der Waals surface area (Å²) in [6.45, 7) is 0.0412. The number of rotatable bonds is 6. The summed E-state index contributed by atoms with van der Waals surface area (Å²) in [7, 11) is 0. The fourth-order valence-corrected chi connectivity index (χ4v) is 4.00. The van der Waals surface area contributed by atoms with Crippen molar-refractivity contribution < 1.29 is 31.5 Å². The summed E-state index contributed by atoms with van der Waals surface area (Å²) in [4.78, 5) is 28.5. The first-order chi connectivity index (χ1) is 15.1. The van der Waals surface area contributed by atoms with Crippen LogP contribution in [0, 0.1) is 17.6 Å². The van der Waals surface area contributed by atoms with Gasteiger partial charge in [-0.2, -0.15) is 13.2 Å². The summed E-state index contributed by atoms with van der Waals surface area (Å²) in [6, 6.07) is 7.89. The predicted molar refractivity (Wildman–Crippen MR) is 105 cm³/mol. The van der Waals surface area contributed by atoms with Gasteiger partial charge >= 0.3 is 6.18 Å². The Labute approximate surface area is 181 Å². The molecule has 2 amide bonds. The number of likely N-dealkylation sites (tertiary alicyclic amines) is 1. The summed E-state index contributed by atoms with van der Waals surface area (Å²) >= 11 is 0. The molecule has 0 radical (unpaired) electrons. The molecule has 4 rings (SSSR count). The highest BCUT2D eigenvalue weighted by Crippen LogP contribution is 2.33. The summed E-state index contributed by atoms with van der Waals surface area (Å²) < 4.78 is 66.1. The molecule has 0 aromatic heterocycles. The lowest BCUT2D eigenvalue weighted by Crippen LogP contribution is -2.38. The standard InChI is InChI=1S/C23H21F5N2O2/c24-18-5-4-15(20(25)10-18)13-30(19-6-7-19)22(32)16-9-21(31)29(12-16)11-14-2-1-3-17(8-14)23(26,27)28/h1-5,8,10,16,19H,6-7,9,11-13H2. The molecule has 1 heterocycles. The maximum absolute atomic E-state index is 14.1. The van der Waals surface area contributed by atoms with E-state index in [1.807, 2.05) is 0 Å². The molecule has 170 valence electrons. The number of alkyl halides is 3. The van der Waals surface area contributed by atoms with Crippen molar-refractivity contribution in [3.8, 4) is 0 Å². The summed E-state index contributed by atoms with van der Waals surface area (Å²) in [5.41, 5.74) is -0.277. The highest BCUT2D eigenvalue weighted by Gasteiger charge is 2.41. The van der Waals surface area contributed by atoms with E-state index in [0.29, 0.717) is 5.56 Å². The van der Waals surface area contributed by atoms with Gasteiger partial charge in [0, 0.05) is 43.7 Å². The smallest absolute Gasteiger partial charge is 0.338 e. The Morgan fingerprint density at radius 1 is 1.09 bits per heavy atom. The fourth-order valence-electron chi connectivity index (χ4n) is 4.00. The number of halogens is 5. The van der Waals surface area contributed by atoms with Crippen LogP contribution in [0.25, 0.3) is 0 Å². The van der Waals surface area contributed by atoms with Crippen LogP contribution in [-0.4, -0.2) is 34.2 Å². The van der Waals surface area contributed by atoms with E-state index in [-0.39, 0.29) is 49.5 Å². The minimum atomic E-state index is -4.48. The SMILES string of the molecule is O=C1CC(C(=O)N(Cc2ccc(F)cc2F)C2CC2)CN1Cc1cccc(C(F)(F)F)c1. The Kier molecular flexibility index (Phi) is 5.92. The molecule has 1 unspecified atom stereocenters. The van der Waals surface area contributed by atoms with Crippen molar-refractivity contribution in [3.05, 3.63) is 70.8 Å². The van der Waals surface area contributed by atoms with Crippen molar-refractivity contribution >= 4 is 11.8 Å². The molecule has 4 nitrogen and oxygen atoms in total. The molecule has 1 atom stereocenters. The van der Waals surface area contributed by atoms with Crippen LogP contribution in [0.1, 0.15) is 36.0 Å². The predicted octanol–water partition coefficient (Wildman–Crippen LogP) is 4.52. The van der Waals surface area contributed by atoms with E-state index >= 15 is 0 Å². The molecular weight excluding hydrogens is 431 g/mol. The zero-order valence-electron chi connectivity index (χ0n) is 17.0. The van der Waals surface area contributed by atoms with Crippen molar-refractivity contribution in [2.45, 2.75) is 44.6 Å². The molecule has 9 heteroatoms. The molecule has 2 aliphatic rings. The maximum atomic E-state index is 14.1.